The molecule has 5 amide bonds. The number of nitrogens with one attached hydrogen (secondary N) is 3. The Morgan fingerprint density at radius 2 is 1.66 bits per heavy atom. The predicted octanol–water partition coefficient (Wildman–Crippen LogP) is 1.93. The van der Waals surface area contributed by atoms with E-state index in [9.17, 15) is 32.3 Å². The lowest BCUT2D eigenvalue weighted by molar-refractivity contribution is -0.135. The van der Waals surface area contributed by atoms with Gasteiger partial charge in [0.25, 0.3) is 5.91 Å². The lowest BCUT2D eigenvalue weighted by Crippen LogP contribution is -2.44. The molecular formula is C21H19F3N4O4. The fourth-order valence-corrected chi connectivity index (χ4v) is 3.12. The van der Waals surface area contributed by atoms with Crippen LogP contribution in [0.2, 0.25) is 0 Å². The van der Waals surface area contributed by atoms with E-state index in [4.69, 9.17) is 0 Å². The van der Waals surface area contributed by atoms with Gasteiger partial charge >= 0.3 is 6.03 Å². The van der Waals surface area contributed by atoms with E-state index in [2.05, 4.69) is 10.6 Å². The number of aryl methyl sites for hydroxylation is 1. The number of benzene rings is 2. The molecule has 168 valence electrons. The highest BCUT2D eigenvalue weighted by atomic mass is 19.2. The van der Waals surface area contributed by atoms with Crippen molar-refractivity contribution in [2.75, 3.05) is 18.4 Å². The Hall–Kier alpha value is -3.89. The molecule has 1 fully saturated rings. The smallest absolute Gasteiger partial charge is 0.325 e. The molecule has 1 saturated heterocycles. The average Bonchev–Trinajstić information content (AvgIpc) is 2.97. The van der Waals surface area contributed by atoms with Crippen LogP contribution in [0.25, 0.3) is 0 Å². The lowest BCUT2D eigenvalue weighted by Gasteiger charge is -2.22. The minimum Gasteiger partial charge on any atom is -0.345 e. The number of rotatable bonds is 6. The number of amides is 5. The largest absolute Gasteiger partial charge is 0.345 e. The molecule has 3 N–H and O–H groups in total. The summed E-state index contributed by atoms with van der Waals surface area (Å²) < 4.78 is 39.8. The van der Waals surface area contributed by atoms with Gasteiger partial charge in [0.1, 0.15) is 12.1 Å². The molecule has 0 spiro atoms. The quantitative estimate of drug-likeness (QED) is 0.464. The second-order valence-electron chi connectivity index (χ2n) is 7.36. The maximum absolute atomic E-state index is 13.6. The summed E-state index contributed by atoms with van der Waals surface area (Å²) in [5.41, 5.74) is -0.456. The van der Waals surface area contributed by atoms with Crippen molar-refractivity contribution in [3.05, 3.63) is 65.0 Å². The van der Waals surface area contributed by atoms with Crippen LogP contribution in [0.4, 0.5) is 23.7 Å². The number of carbonyl (C=O) groups is 4. The van der Waals surface area contributed by atoms with Gasteiger partial charge in [0.2, 0.25) is 11.8 Å². The van der Waals surface area contributed by atoms with Gasteiger partial charge in [0.15, 0.2) is 17.5 Å². The fraction of sp³-hybridized carbons (Fsp3) is 0.238. The van der Waals surface area contributed by atoms with Crippen molar-refractivity contribution < 1.29 is 32.3 Å². The van der Waals surface area contributed by atoms with E-state index >= 15 is 0 Å². The number of urea groups is 1. The van der Waals surface area contributed by atoms with E-state index in [0.717, 1.165) is 11.6 Å². The number of hydrogen-bond donors (Lipinski definition) is 3. The Labute approximate surface area is 180 Å². The molecule has 8 nitrogen and oxygen atoms in total. The molecule has 0 aromatic heterocycles. The number of hydrogen-bond acceptors (Lipinski definition) is 4. The van der Waals surface area contributed by atoms with Gasteiger partial charge in [-0.05, 0) is 31.5 Å². The zero-order valence-corrected chi connectivity index (χ0v) is 17.1. The first-order chi connectivity index (χ1) is 15.0. The lowest BCUT2D eigenvalue weighted by atomic mass is 9.91. The van der Waals surface area contributed by atoms with Crippen LogP contribution in [-0.4, -0.2) is 41.7 Å². The number of carbonyl (C=O) groups excluding carboxylic acids is 4. The van der Waals surface area contributed by atoms with E-state index in [1.165, 1.54) is 6.92 Å². The second-order valence-corrected chi connectivity index (χ2v) is 7.36. The van der Waals surface area contributed by atoms with Gasteiger partial charge in [-0.3, -0.25) is 19.3 Å². The SMILES string of the molecule is Cc1ccc(C2(C)NC(=O)N(CC(=O)NCC(=O)Nc3ccc(F)c(F)c3F)C2=O)cc1. The van der Waals surface area contributed by atoms with Gasteiger partial charge in [-0.2, -0.15) is 0 Å². The van der Waals surface area contributed by atoms with Gasteiger partial charge < -0.3 is 16.0 Å². The van der Waals surface area contributed by atoms with E-state index in [1.807, 2.05) is 12.2 Å². The van der Waals surface area contributed by atoms with E-state index in [0.29, 0.717) is 16.5 Å². The van der Waals surface area contributed by atoms with Crippen LogP contribution in [0.3, 0.4) is 0 Å². The molecule has 0 aliphatic carbocycles. The topological polar surface area (TPSA) is 108 Å². The summed E-state index contributed by atoms with van der Waals surface area (Å²) in [6, 6.07) is 7.63. The minimum absolute atomic E-state index is 0.539. The van der Waals surface area contributed by atoms with Crippen molar-refractivity contribution in [3.63, 3.8) is 0 Å². The third-order valence-corrected chi connectivity index (χ3v) is 4.96. The number of halogens is 3. The van der Waals surface area contributed by atoms with Crippen LogP contribution < -0.4 is 16.0 Å². The van der Waals surface area contributed by atoms with Crippen LogP contribution >= 0.6 is 0 Å². The summed E-state index contributed by atoms with van der Waals surface area (Å²) in [6.45, 7) is 2.07. The monoisotopic (exact) mass is 448 g/mol. The molecule has 1 aliphatic heterocycles. The first-order valence-corrected chi connectivity index (χ1v) is 9.44. The van der Waals surface area contributed by atoms with Crippen molar-refractivity contribution >= 4 is 29.4 Å². The maximum atomic E-state index is 13.6. The van der Waals surface area contributed by atoms with Gasteiger partial charge in [0.05, 0.1) is 12.2 Å². The highest BCUT2D eigenvalue weighted by molar-refractivity contribution is 6.09. The molecule has 1 unspecified atom stereocenters. The van der Waals surface area contributed by atoms with Gasteiger partial charge in [-0.15, -0.1) is 0 Å². The summed E-state index contributed by atoms with van der Waals surface area (Å²) in [7, 11) is 0. The molecule has 0 radical (unpaired) electrons. The van der Waals surface area contributed by atoms with Crippen molar-refractivity contribution in [1.82, 2.24) is 15.5 Å². The number of imide groups is 1. The zero-order valence-electron chi connectivity index (χ0n) is 17.1. The minimum atomic E-state index is -1.75. The van der Waals surface area contributed by atoms with E-state index in [-0.39, 0.29) is 0 Å². The molecule has 0 bridgehead atoms. The average molecular weight is 448 g/mol. The summed E-state index contributed by atoms with van der Waals surface area (Å²) >= 11 is 0. The van der Waals surface area contributed by atoms with Gasteiger partial charge in [0, 0.05) is 0 Å². The molecule has 0 saturated carbocycles. The van der Waals surface area contributed by atoms with Crippen molar-refractivity contribution in [2.24, 2.45) is 0 Å². The fourth-order valence-electron chi connectivity index (χ4n) is 3.12. The Morgan fingerprint density at radius 1 is 1.00 bits per heavy atom. The Morgan fingerprint density at radius 3 is 2.31 bits per heavy atom. The van der Waals surface area contributed by atoms with Crippen LogP contribution in [0, 0.1) is 24.4 Å². The molecule has 3 rings (SSSR count). The van der Waals surface area contributed by atoms with Crippen molar-refractivity contribution in [1.29, 1.82) is 0 Å². The van der Waals surface area contributed by atoms with E-state index < -0.39 is 65.5 Å². The molecule has 1 heterocycles. The second kappa shape index (κ2) is 8.69. The number of anilines is 1. The third kappa shape index (κ3) is 4.41. The van der Waals surface area contributed by atoms with Crippen molar-refractivity contribution in [2.45, 2.75) is 19.4 Å². The van der Waals surface area contributed by atoms with Crippen LogP contribution in [0.1, 0.15) is 18.1 Å². The molecule has 1 atom stereocenters. The molecule has 2 aromatic rings. The molecule has 2 aromatic carbocycles. The standard InChI is InChI=1S/C21H19F3N4O4/c1-11-3-5-12(6-4-11)21(2)19(31)28(20(32)27-21)10-16(30)25-9-15(29)26-14-8-7-13(22)17(23)18(14)24/h3-8H,9-10H2,1-2H3,(H,25,30)(H,26,29)(H,27,32). The third-order valence-electron chi connectivity index (χ3n) is 4.96. The molecular weight excluding hydrogens is 429 g/mol. The number of nitrogens with zero attached hydrogens (tertiary/aromatic N) is 1. The predicted molar refractivity (Wildman–Crippen MR) is 107 cm³/mol. The summed E-state index contributed by atoms with van der Waals surface area (Å²) in [5.74, 6) is -7.15. The van der Waals surface area contributed by atoms with Gasteiger partial charge in [-0.1, -0.05) is 29.8 Å². The molecule has 11 heteroatoms. The normalized spacial score (nSPS) is 17.8. The molecule has 32 heavy (non-hydrogen) atoms. The maximum Gasteiger partial charge on any atom is 0.325 e. The molecule has 1 aliphatic rings. The summed E-state index contributed by atoms with van der Waals surface area (Å²) in [6.07, 6.45) is 0. The van der Waals surface area contributed by atoms with E-state index in [1.54, 1.807) is 24.3 Å². The Balaban J connectivity index is 1.58. The Bertz CT molecular complexity index is 1110. The summed E-state index contributed by atoms with van der Waals surface area (Å²) in [5, 5.41) is 6.72. The van der Waals surface area contributed by atoms with Gasteiger partial charge in [-0.25, -0.2) is 18.0 Å². The van der Waals surface area contributed by atoms with Crippen molar-refractivity contribution in [3.8, 4) is 0 Å². The first kappa shape index (κ1) is 22.8. The summed E-state index contributed by atoms with van der Waals surface area (Å²) in [4.78, 5) is 49.8. The first-order valence-electron chi connectivity index (χ1n) is 9.44. The highest BCUT2D eigenvalue weighted by Crippen LogP contribution is 2.28. The van der Waals surface area contributed by atoms with Crippen LogP contribution in [-0.2, 0) is 19.9 Å². The highest BCUT2D eigenvalue weighted by Gasteiger charge is 2.49. The van der Waals surface area contributed by atoms with Crippen LogP contribution in [0.5, 0.6) is 0 Å². The Kier molecular flexibility index (Phi) is 6.19. The van der Waals surface area contributed by atoms with Crippen LogP contribution in [0.15, 0.2) is 36.4 Å². The zero-order chi connectivity index (χ0) is 23.6.